The number of rotatable bonds is 9. The summed E-state index contributed by atoms with van der Waals surface area (Å²) in [6, 6.07) is 23.4. The first kappa shape index (κ1) is 26.4. The lowest BCUT2D eigenvalue weighted by molar-refractivity contribution is 0.0600. The van der Waals surface area contributed by atoms with Crippen molar-refractivity contribution >= 4 is 11.9 Å². The Morgan fingerprint density at radius 3 is 2.56 bits per heavy atom. The van der Waals surface area contributed by atoms with Crippen LogP contribution < -0.4 is 5.32 Å². The maximum absolute atomic E-state index is 13.0. The quantitative estimate of drug-likeness (QED) is 0.293. The molecule has 0 bridgehead atoms. The van der Waals surface area contributed by atoms with Gasteiger partial charge in [-0.25, -0.2) is 4.79 Å². The third kappa shape index (κ3) is 5.78. The van der Waals surface area contributed by atoms with Crippen molar-refractivity contribution in [1.29, 1.82) is 0 Å². The van der Waals surface area contributed by atoms with Crippen LogP contribution in [0.15, 0.2) is 72.8 Å². The normalized spacial score (nSPS) is 14.7. The van der Waals surface area contributed by atoms with E-state index in [1.807, 2.05) is 43.3 Å². The number of hydrogen-bond donors (Lipinski definition) is 2. The maximum Gasteiger partial charge on any atom is 0.337 e. The molecule has 7 heteroatoms. The molecule has 39 heavy (non-hydrogen) atoms. The number of carbonyl (C=O) groups excluding carboxylic acids is 2. The molecule has 2 heterocycles. The molecular formula is C32H34N4O3. The summed E-state index contributed by atoms with van der Waals surface area (Å²) in [5.74, 6) is -0.453. The molecular weight excluding hydrogens is 488 g/mol. The maximum atomic E-state index is 13.0. The Morgan fingerprint density at radius 2 is 1.82 bits per heavy atom. The number of aromatic nitrogens is 2. The predicted molar refractivity (Wildman–Crippen MR) is 152 cm³/mol. The van der Waals surface area contributed by atoms with E-state index in [0.717, 1.165) is 65.1 Å². The van der Waals surface area contributed by atoms with E-state index in [-0.39, 0.29) is 17.9 Å². The lowest BCUT2D eigenvalue weighted by Crippen LogP contribution is -2.36. The number of esters is 1. The fraction of sp³-hybridized carbons (Fsp3) is 0.281. The number of methoxy groups -OCH3 is 1. The minimum absolute atomic E-state index is 0.0796. The molecule has 0 aliphatic carbocycles. The number of aryl methyl sites for hydroxylation is 2. The van der Waals surface area contributed by atoms with Gasteiger partial charge in [0.25, 0.3) is 5.91 Å². The summed E-state index contributed by atoms with van der Waals surface area (Å²) in [6.07, 6.45) is 2.42. The first-order valence-electron chi connectivity index (χ1n) is 13.3. The standard InChI is InChI=1S/C32H34N4O3/c1-21-9-7-12-25-26(21)19-28(33-31(25)37)30-29(23-14-16-24(17-15-23)32(38)39-3)27(34-35-30)13-8-18-36(2)20-22-10-5-4-6-11-22/h4-7,9-12,14-17,28H,8,13,18-20H2,1-3H3,(H,33,37)(H,34,35). The third-order valence-corrected chi connectivity index (χ3v) is 7.42. The van der Waals surface area contributed by atoms with E-state index in [4.69, 9.17) is 9.84 Å². The van der Waals surface area contributed by atoms with Gasteiger partial charge in [0, 0.05) is 23.4 Å². The van der Waals surface area contributed by atoms with E-state index in [1.165, 1.54) is 12.7 Å². The van der Waals surface area contributed by atoms with Crippen LogP contribution in [0.4, 0.5) is 0 Å². The van der Waals surface area contributed by atoms with Crippen molar-refractivity contribution in [3.63, 3.8) is 0 Å². The van der Waals surface area contributed by atoms with Crippen molar-refractivity contribution in [3.05, 3.63) is 112 Å². The van der Waals surface area contributed by atoms with Crippen LogP contribution in [-0.4, -0.2) is 47.7 Å². The van der Waals surface area contributed by atoms with Gasteiger partial charge in [-0.15, -0.1) is 0 Å². The van der Waals surface area contributed by atoms with Gasteiger partial charge in [-0.2, -0.15) is 5.10 Å². The molecule has 0 fully saturated rings. The topological polar surface area (TPSA) is 87.3 Å². The van der Waals surface area contributed by atoms with Crippen LogP contribution in [0.5, 0.6) is 0 Å². The van der Waals surface area contributed by atoms with Gasteiger partial charge in [0.1, 0.15) is 0 Å². The van der Waals surface area contributed by atoms with Crippen LogP contribution >= 0.6 is 0 Å². The van der Waals surface area contributed by atoms with E-state index < -0.39 is 0 Å². The number of hydrogen-bond acceptors (Lipinski definition) is 5. The zero-order chi connectivity index (χ0) is 27.4. The highest BCUT2D eigenvalue weighted by molar-refractivity contribution is 5.97. The summed E-state index contributed by atoms with van der Waals surface area (Å²) >= 11 is 0. The number of nitrogens with one attached hydrogen (secondary N) is 2. The molecule has 0 saturated carbocycles. The average Bonchev–Trinajstić information content (AvgIpc) is 3.37. The highest BCUT2D eigenvalue weighted by atomic mass is 16.5. The molecule has 4 aromatic rings. The number of carbonyl (C=O) groups is 2. The number of nitrogens with zero attached hydrogens (tertiary/aromatic N) is 2. The van der Waals surface area contributed by atoms with E-state index in [2.05, 4.69) is 46.6 Å². The summed E-state index contributed by atoms with van der Waals surface area (Å²) in [5, 5.41) is 11.2. The Morgan fingerprint density at radius 1 is 1.05 bits per heavy atom. The second-order valence-corrected chi connectivity index (χ2v) is 10.2. The van der Waals surface area contributed by atoms with Crippen LogP contribution in [0.25, 0.3) is 11.1 Å². The molecule has 3 aromatic carbocycles. The number of H-pyrrole nitrogens is 1. The number of ether oxygens (including phenoxy) is 1. The van der Waals surface area contributed by atoms with Crippen LogP contribution in [0.2, 0.25) is 0 Å². The first-order chi connectivity index (χ1) is 18.9. The fourth-order valence-corrected chi connectivity index (χ4v) is 5.38. The van der Waals surface area contributed by atoms with E-state index in [9.17, 15) is 9.59 Å². The second kappa shape index (κ2) is 11.7. The van der Waals surface area contributed by atoms with Gasteiger partial charge in [-0.3, -0.25) is 9.89 Å². The lowest BCUT2D eigenvalue weighted by Gasteiger charge is -2.26. The largest absolute Gasteiger partial charge is 0.465 e. The van der Waals surface area contributed by atoms with Gasteiger partial charge in [-0.1, -0.05) is 54.6 Å². The molecule has 0 spiro atoms. The van der Waals surface area contributed by atoms with Gasteiger partial charge in [-0.05, 0) is 80.2 Å². The van der Waals surface area contributed by atoms with Crippen LogP contribution in [0.3, 0.4) is 0 Å². The molecule has 1 aliphatic rings. The number of fused-ring (bicyclic) bond motifs is 1. The highest BCUT2D eigenvalue weighted by Crippen LogP contribution is 2.35. The Labute approximate surface area is 229 Å². The number of amides is 1. The fourth-order valence-electron chi connectivity index (χ4n) is 5.38. The molecule has 0 saturated heterocycles. The van der Waals surface area contributed by atoms with Crippen LogP contribution in [0.1, 0.15) is 61.3 Å². The first-order valence-corrected chi connectivity index (χ1v) is 13.3. The van der Waals surface area contributed by atoms with Crippen molar-refractivity contribution in [3.8, 4) is 11.1 Å². The molecule has 1 amide bonds. The molecule has 200 valence electrons. The molecule has 2 N–H and O–H groups in total. The molecule has 5 rings (SSSR count). The summed E-state index contributed by atoms with van der Waals surface area (Å²) in [7, 11) is 3.51. The predicted octanol–water partition coefficient (Wildman–Crippen LogP) is 5.26. The zero-order valence-corrected chi connectivity index (χ0v) is 22.7. The number of benzene rings is 3. The van der Waals surface area contributed by atoms with Crippen molar-refractivity contribution in [2.75, 3.05) is 20.7 Å². The van der Waals surface area contributed by atoms with E-state index in [0.29, 0.717) is 12.0 Å². The van der Waals surface area contributed by atoms with Gasteiger partial charge in [0.15, 0.2) is 0 Å². The smallest absolute Gasteiger partial charge is 0.337 e. The molecule has 1 aliphatic heterocycles. The third-order valence-electron chi connectivity index (χ3n) is 7.42. The van der Waals surface area contributed by atoms with Crippen molar-refractivity contribution in [2.24, 2.45) is 0 Å². The molecule has 7 nitrogen and oxygen atoms in total. The van der Waals surface area contributed by atoms with Gasteiger partial charge in [0.05, 0.1) is 24.4 Å². The van der Waals surface area contributed by atoms with Crippen molar-refractivity contribution in [1.82, 2.24) is 20.4 Å². The average molecular weight is 523 g/mol. The molecule has 1 unspecified atom stereocenters. The van der Waals surface area contributed by atoms with Crippen molar-refractivity contribution in [2.45, 2.75) is 38.8 Å². The Hall–Kier alpha value is -4.23. The minimum Gasteiger partial charge on any atom is -0.465 e. The van der Waals surface area contributed by atoms with Gasteiger partial charge < -0.3 is 15.0 Å². The minimum atomic E-state index is -0.373. The Balaban J connectivity index is 1.41. The van der Waals surface area contributed by atoms with Crippen molar-refractivity contribution < 1.29 is 14.3 Å². The Bertz CT molecular complexity index is 1460. The van der Waals surface area contributed by atoms with E-state index in [1.54, 1.807) is 12.1 Å². The molecule has 1 atom stereocenters. The number of aromatic amines is 1. The monoisotopic (exact) mass is 522 g/mol. The SMILES string of the molecule is COC(=O)c1ccc(-c2c(C3Cc4c(C)cccc4C(=O)N3)n[nH]c2CCCN(C)Cc2ccccc2)cc1. The Kier molecular flexibility index (Phi) is 7.89. The molecule has 1 aromatic heterocycles. The summed E-state index contributed by atoms with van der Waals surface area (Å²) in [5.41, 5.74) is 8.45. The van der Waals surface area contributed by atoms with Crippen LogP contribution in [-0.2, 0) is 24.1 Å². The summed E-state index contributed by atoms with van der Waals surface area (Å²) < 4.78 is 4.87. The lowest BCUT2D eigenvalue weighted by atomic mass is 9.87. The van der Waals surface area contributed by atoms with E-state index >= 15 is 0 Å². The van der Waals surface area contributed by atoms with Gasteiger partial charge >= 0.3 is 5.97 Å². The highest BCUT2D eigenvalue weighted by Gasteiger charge is 2.31. The summed E-state index contributed by atoms with van der Waals surface area (Å²) in [4.78, 5) is 27.4. The molecule has 0 radical (unpaired) electrons. The summed E-state index contributed by atoms with van der Waals surface area (Å²) in [6.45, 7) is 3.86. The zero-order valence-electron chi connectivity index (χ0n) is 22.7. The van der Waals surface area contributed by atoms with Crippen LogP contribution in [0, 0.1) is 6.92 Å². The van der Waals surface area contributed by atoms with Gasteiger partial charge in [0.2, 0.25) is 0 Å². The second-order valence-electron chi connectivity index (χ2n) is 10.2.